The number of rotatable bonds is 2. The molecule has 0 unspecified atom stereocenters. The minimum absolute atomic E-state index is 0.0422. The van der Waals surface area contributed by atoms with Crippen molar-refractivity contribution in [2.24, 2.45) is 0 Å². The molecule has 3 rings (SSSR count). The van der Waals surface area contributed by atoms with E-state index in [0.717, 1.165) is 36.5 Å². The van der Waals surface area contributed by atoms with Crippen molar-refractivity contribution < 1.29 is 4.74 Å². The summed E-state index contributed by atoms with van der Waals surface area (Å²) in [6.07, 6.45) is 4.01. The van der Waals surface area contributed by atoms with Gasteiger partial charge in [-0.05, 0) is 37.5 Å². The third kappa shape index (κ3) is 2.26. The highest BCUT2D eigenvalue weighted by Gasteiger charge is 2.31. The van der Waals surface area contributed by atoms with Crippen LogP contribution in [0, 0.1) is 4.77 Å². The second-order valence-corrected chi connectivity index (χ2v) is 5.68. The van der Waals surface area contributed by atoms with E-state index in [-0.39, 0.29) is 5.54 Å². The molecule has 0 radical (unpaired) electrons. The number of aromatic nitrogens is 2. The van der Waals surface area contributed by atoms with Crippen molar-refractivity contribution >= 4 is 12.2 Å². The second kappa shape index (κ2) is 4.94. The van der Waals surface area contributed by atoms with Gasteiger partial charge >= 0.3 is 0 Å². The first-order valence-electron chi connectivity index (χ1n) is 6.65. The molecule has 4 heteroatoms. The van der Waals surface area contributed by atoms with Gasteiger partial charge in [-0.1, -0.05) is 30.3 Å². The lowest BCUT2D eigenvalue weighted by atomic mass is 9.91. The van der Waals surface area contributed by atoms with E-state index in [2.05, 4.69) is 40.7 Å². The number of H-pyrrole nitrogens is 1. The van der Waals surface area contributed by atoms with Gasteiger partial charge in [-0.2, -0.15) is 0 Å². The van der Waals surface area contributed by atoms with E-state index in [1.54, 1.807) is 0 Å². The number of imidazole rings is 1. The van der Waals surface area contributed by atoms with Crippen molar-refractivity contribution in [2.75, 3.05) is 13.2 Å². The van der Waals surface area contributed by atoms with E-state index in [0.29, 0.717) is 0 Å². The highest BCUT2D eigenvalue weighted by Crippen LogP contribution is 2.33. The maximum atomic E-state index is 5.49. The Bertz CT molecular complexity index is 609. The molecule has 2 aromatic rings. The van der Waals surface area contributed by atoms with Gasteiger partial charge in [0.25, 0.3) is 0 Å². The molecule has 0 amide bonds. The Morgan fingerprint density at radius 1 is 1.21 bits per heavy atom. The maximum absolute atomic E-state index is 5.49. The van der Waals surface area contributed by atoms with E-state index in [4.69, 9.17) is 17.0 Å². The Kier molecular flexibility index (Phi) is 3.29. The van der Waals surface area contributed by atoms with Crippen molar-refractivity contribution in [1.82, 2.24) is 9.55 Å². The van der Waals surface area contributed by atoms with Crippen LogP contribution >= 0.6 is 12.2 Å². The van der Waals surface area contributed by atoms with E-state index >= 15 is 0 Å². The van der Waals surface area contributed by atoms with Crippen molar-refractivity contribution in [1.29, 1.82) is 0 Å². The van der Waals surface area contributed by atoms with Crippen molar-refractivity contribution in [3.8, 4) is 11.3 Å². The van der Waals surface area contributed by atoms with Crippen molar-refractivity contribution in [3.05, 3.63) is 41.3 Å². The fourth-order valence-corrected chi connectivity index (χ4v) is 3.14. The molecular formula is C15H18N2OS. The van der Waals surface area contributed by atoms with Crippen LogP contribution in [0.4, 0.5) is 0 Å². The molecule has 0 saturated carbocycles. The molecule has 1 aliphatic rings. The molecular weight excluding hydrogens is 256 g/mol. The standard InChI is InChI=1S/C15H18N2OS/c1-15(7-9-18-10-8-15)17-13(11-16-14(17)19)12-5-3-2-4-6-12/h2-6,11H,7-10H2,1H3,(H,16,19). The third-order valence-electron chi connectivity index (χ3n) is 3.96. The number of nitrogens with one attached hydrogen (secondary N) is 1. The minimum Gasteiger partial charge on any atom is -0.381 e. The summed E-state index contributed by atoms with van der Waals surface area (Å²) in [7, 11) is 0. The Hall–Kier alpha value is -1.39. The van der Waals surface area contributed by atoms with E-state index in [9.17, 15) is 0 Å². The number of ether oxygens (including phenoxy) is 1. The Balaban J connectivity index is 2.11. The van der Waals surface area contributed by atoms with Crippen LogP contribution in [-0.4, -0.2) is 22.8 Å². The fourth-order valence-electron chi connectivity index (χ4n) is 2.76. The van der Waals surface area contributed by atoms with Gasteiger partial charge in [0.2, 0.25) is 0 Å². The average Bonchev–Trinajstić information content (AvgIpc) is 2.83. The lowest BCUT2D eigenvalue weighted by Gasteiger charge is -2.36. The van der Waals surface area contributed by atoms with Gasteiger partial charge in [-0.3, -0.25) is 0 Å². The number of benzene rings is 1. The summed E-state index contributed by atoms with van der Waals surface area (Å²) >= 11 is 5.49. The zero-order valence-corrected chi connectivity index (χ0v) is 11.9. The Morgan fingerprint density at radius 3 is 2.58 bits per heavy atom. The second-order valence-electron chi connectivity index (χ2n) is 5.29. The van der Waals surface area contributed by atoms with Crippen LogP contribution in [0.5, 0.6) is 0 Å². The zero-order chi connectivity index (χ0) is 13.3. The van der Waals surface area contributed by atoms with Gasteiger partial charge in [-0.15, -0.1) is 0 Å². The molecule has 1 aromatic heterocycles. The lowest BCUT2D eigenvalue weighted by Crippen LogP contribution is -2.37. The quantitative estimate of drug-likeness (QED) is 0.846. The summed E-state index contributed by atoms with van der Waals surface area (Å²) in [5, 5.41) is 0. The van der Waals surface area contributed by atoms with E-state index < -0.39 is 0 Å². The molecule has 0 spiro atoms. The third-order valence-corrected chi connectivity index (χ3v) is 4.26. The summed E-state index contributed by atoms with van der Waals surface area (Å²) in [6.45, 7) is 3.88. The largest absolute Gasteiger partial charge is 0.381 e. The van der Waals surface area contributed by atoms with Crippen LogP contribution < -0.4 is 0 Å². The molecule has 1 saturated heterocycles. The first kappa shape index (κ1) is 12.6. The molecule has 2 heterocycles. The molecule has 0 bridgehead atoms. The average molecular weight is 274 g/mol. The van der Waals surface area contributed by atoms with Crippen LogP contribution in [0.1, 0.15) is 19.8 Å². The van der Waals surface area contributed by atoms with Gasteiger partial charge in [0.05, 0.1) is 5.69 Å². The topological polar surface area (TPSA) is 29.9 Å². The first-order valence-corrected chi connectivity index (χ1v) is 7.06. The first-order chi connectivity index (χ1) is 9.21. The SMILES string of the molecule is CC1(n2c(-c3ccccc3)c[nH]c2=S)CCOCC1. The summed E-state index contributed by atoms with van der Waals surface area (Å²) in [5.41, 5.74) is 2.40. The Morgan fingerprint density at radius 2 is 1.89 bits per heavy atom. The normalized spacial score (nSPS) is 18.4. The van der Waals surface area contributed by atoms with Crippen molar-refractivity contribution in [3.63, 3.8) is 0 Å². The van der Waals surface area contributed by atoms with E-state index in [1.807, 2.05) is 12.3 Å². The van der Waals surface area contributed by atoms with Crippen LogP contribution in [-0.2, 0) is 10.3 Å². The monoisotopic (exact) mass is 274 g/mol. The predicted octanol–water partition coefficient (Wildman–Crippen LogP) is 3.74. The number of hydrogen-bond donors (Lipinski definition) is 1. The van der Waals surface area contributed by atoms with E-state index in [1.165, 1.54) is 5.56 Å². The maximum Gasteiger partial charge on any atom is 0.178 e. The molecule has 1 aromatic carbocycles. The molecule has 100 valence electrons. The fraction of sp³-hybridized carbons (Fsp3) is 0.400. The minimum atomic E-state index is 0.0422. The predicted molar refractivity (Wildman–Crippen MR) is 78.8 cm³/mol. The molecule has 1 N–H and O–H groups in total. The molecule has 1 aliphatic heterocycles. The number of nitrogens with zero attached hydrogens (tertiary/aromatic N) is 1. The molecule has 0 aliphatic carbocycles. The van der Waals surface area contributed by atoms with Crippen LogP contribution in [0.2, 0.25) is 0 Å². The smallest absolute Gasteiger partial charge is 0.178 e. The van der Waals surface area contributed by atoms with Gasteiger partial charge in [0.1, 0.15) is 0 Å². The molecule has 0 atom stereocenters. The summed E-state index contributed by atoms with van der Waals surface area (Å²) in [5.74, 6) is 0. The van der Waals surface area contributed by atoms with Crippen molar-refractivity contribution in [2.45, 2.75) is 25.3 Å². The van der Waals surface area contributed by atoms with Crippen LogP contribution in [0.25, 0.3) is 11.3 Å². The molecule has 1 fully saturated rings. The summed E-state index contributed by atoms with van der Waals surface area (Å²) in [4.78, 5) is 3.20. The van der Waals surface area contributed by atoms with Gasteiger partial charge < -0.3 is 14.3 Å². The summed E-state index contributed by atoms with van der Waals surface area (Å²) in [6, 6.07) is 10.4. The highest BCUT2D eigenvalue weighted by atomic mass is 32.1. The van der Waals surface area contributed by atoms with Crippen LogP contribution in [0.15, 0.2) is 36.5 Å². The highest BCUT2D eigenvalue weighted by molar-refractivity contribution is 7.71. The van der Waals surface area contributed by atoms with Gasteiger partial charge in [0.15, 0.2) is 4.77 Å². The lowest BCUT2D eigenvalue weighted by molar-refractivity contribution is 0.0296. The van der Waals surface area contributed by atoms with Gasteiger partial charge in [-0.25, -0.2) is 0 Å². The van der Waals surface area contributed by atoms with Gasteiger partial charge in [0, 0.05) is 24.9 Å². The Labute approximate surface area is 118 Å². The van der Waals surface area contributed by atoms with Crippen LogP contribution in [0.3, 0.4) is 0 Å². The molecule has 3 nitrogen and oxygen atoms in total. The number of hydrogen-bond acceptors (Lipinski definition) is 2. The zero-order valence-electron chi connectivity index (χ0n) is 11.1. The molecule has 19 heavy (non-hydrogen) atoms. The number of aromatic amines is 1. The summed E-state index contributed by atoms with van der Waals surface area (Å²) < 4.78 is 8.55.